The largest absolute Gasteiger partial charge is 0.418 e. The molecule has 1 atom stereocenters. The van der Waals surface area contributed by atoms with Gasteiger partial charge in [0.1, 0.15) is 21.4 Å². The highest BCUT2D eigenvalue weighted by Gasteiger charge is 2.34. The fraction of sp³-hybridized carbons (Fsp3) is 0.158. The molecule has 2 N–H and O–H groups in total. The fourth-order valence-electron chi connectivity index (χ4n) is 2.81. The lowest BCUT2D eigenvalue weighted by atomic mass is 10.2. The summed E-state index contributed by atoms with van der Waals surface area (Å²) >= 11 is 6.51. The van der Waals surface area contributed by atoms with Crippen LogP contribution in [0.3, 0.4) is 0 Å². The van der Waals surface area contributed by atoms with Crippen LogP contribution < -0.4 is 10.6 Å². The summed E-state index contributed by atoms with van der Waals surface area (Å²) in [7, 11) is 0. The number of carbonyl (C=O) groups excluding carboxylic acids is 2. The normalized spacial score (nSPS) is 12.5. The molecule has 4 rings (SSSR count). The number of anilines is 1. The number of fused-ring (bicyclic) bond motifs is 1. The summed E-state index contributed by atoms with van der Waals surface area (Å²) in [5, 5.41) is 8.95. The Hall–Kier alpha value is -3.58. The van der Waals surface area contributed by atoms with Gasteiger partial charge in [-0.15, -0.1) is 11.3 Å². The van der Waals surface area contributed by atoms with Crippen molar-refractivity contribution in [1.82, 2.24) is 29.9 Å². The van der Waals surface area contributed by atoms with Crippen molar-refractivity contribution in [2.45, 2.75) is 19.1 Å². The van der Waals surface area contributed by atoms with E-state index in [0.29, 0.717) is 16.7 Å². The van der Waals surface area contributed by atoms with E-state index in [1.54, 1.807) is 19.1 Å². The predicted molar refractivity (Wildman–Crippen MR) is 113 cm³/mol. The third-order valence-electron chi connectivity index (χ3n) is 4.38. The van der Waals surface area contributed by atoms with E-state index in [1.165, 1.54) is 23.1 Å². The van der Waals surface area contributed by atoms with Gasteiger partial charge in [0.25, 0.3) is 11.8 Å². The number of hydrogen-bond donors (Lipinski definition) is 2. The Kier molecular flexibility index (Phi) is 5.99. The molecule has 0 saturated carbocycles. The molecule has 33 heavy (non-hydrogen) atoms. The first-order valence-electron chi connectivity index (χ1n) is 9.23. The second kappa shape index (κ2) is 8.75. The standard InChI is InChI=1S/C19H13ClF3N7O2S/c1-9(28-16(31)12-7-25-15-3-2-4-27-30(12)15)18-26-8-13(33-18)17(32)29-14-5-10(19(21,22)23)11(20)6-24-14/h2-9H,1H3,(H,28,31)(H,24,29,32). The summed E-state index contributed by atoms with van der Waals surface area (Å²) in [5.41, 5.74) is -0.382. The number of amides is 2. The predicted octanol–water partition coefficient (Wildman–Crippen LogP) is 4.00. The maximum atomic E-state index is 13.0. The summed E-state index contributed by atoms with van der Waals surface area (Å²) < 4.78 is 40.4. The summed E-state index contributed by atoms with van der Waals surface area (Å²) in [6.07, 6.45) is 0.285. The van der Waals surface area contributed by atoms with Crippen LogP contribution in [0.5, 0.6) is 0 Å². The number of thiazole rings is 1. The van der Waals surface area contributed by atoms with Gasteiger partial charge in [-0.2, -0.15) is 18.3 Å². The summed E-state index contributed by atoms with van der Waals surface area (Å²) in [6.45, 7) is 1.67. The quantitative estimate of drug-likeness (QED) is 0.432. The van der Waals surface area contributed by atoms with Crippen LogP contribution in [0.1, 0.15) is 43.7 Å². The van der Waals surface area contributed by atoms with E-state index < -0.39 is 34.6 Å². The summed E-state index contributed by atoms with van der Waals surface area (Å²) in [4.78, 5) is 37.1. The number of halogens is 4. The number of rotatable bonds is 5. The van der Waals surface area contributed by atoms with E-state index in [9.17, 15) is 22.8 Å². The zero-order chi connectivity index (χ0) is 23.8. The van der Waals surface area contributed by atoms with Gasteiger partial charge < -0.3 is 10.6 Å². The first-order chi connectivity index (χ1) is 15.6. The SMILES string of the molecule is CC(NC(=O)c1cnc2cccnn12)c1ncc(C(=O)Nc2cc(C(F)(F)F)c(Cl)cn2)s1. The third-order valence-corrected chi connectivity index (χ3v) is 5.86. The molecule has 170 valence electrons. The molecule has 4 aromatic heterocycles. The Balaban J connectivity index is 1.45. The lowest BCUT2D eigenvalue weighted by molar-refractivity contribution is -0.137. The zero-order valence-corrected chi connectivity index (χ0v) is 18.2. The topological polar surface area (TPSA) is 114 Å². The van der Waals surface area contributed by atoms with E-state index in [0.717, 1.165) is 17.5 Å². The third kappa shape index (κ3) is 4.78. The number of aromatic nitrogens is 5. The molecule has 1 unspecified atom stereocenters. The molecule has 0 aliphatic rings. The van der Waals surface area contributed by atoms with Crippen molar-refractivity contribution in [3.05, 3.63) is 69.2 Å². The number of hydrogen-bond acceptors (Lipinski definition) is 7. The molecule has 0 spiro atoms. The molecule has 2 amide bonds. The minimum absolute atomic E-state index is 0.118. The molecule has 9 nitrogen and oxygen atoms in total. The Bertz CT molecular complexity index is 1350. The molecular formula is C19H13ClF3N7O2S. The second-order valence-electron chi connectivity index (χ2n) is 6.70. The number of pyridine rings is 1. The molecule has 4 aromatic rings. The monoisotopic (exact) mass is 495 g/mol. The molecule has 0 radical (unpaired) electrons. The van der Waals surface area contributed by atoms with Gasteiger partial charge in [0.2, 0.25) is 0 Å². The Morgan fingerprint density at radius 2 is 1.94 bits per heavy atom. The first-order valence-corrected chi connectivity index (χ1v) is 10.4. The average molecular weight is 496 g/mol. The molecule has 0 bridgehead atoms. The van der Waals surface area contributed by atoms with E-state index in [4.69, 9.17) is 11.6 Å². The fourth-order valence-corrected chi connectivity index (χ4v) is 3.84. The van der Waals surface area contributed by atoms with Crippen LogP contribution in [-0.4, -0.2) is 36.4 Å². The molecule has 0 aromatic carbocycles. The van der Waals surface area contributed by atoms with Gasteiger partial charge in [0, 0.05) is 12.4 Å². The zero-order valence-electron chi connectivity index (χ0n) is 16.6. The maximum absolute atomic E-state index is 13.0. The van der Waals surface area contributed by atoms with Crippen LogP contribution in [0, 0.1) is 0 Å². The first kappa shape index (κ1) is 22.6. The van der Waals surface area contributed by atoms with Gasteiger partial charge in [-0.25, -0.2) is 19.5 Å². The minimum atomic E-state index is -4.69. The molecule has 14 heteroatoms. The maximum Gasteiger partial charge on any atom is 0.418 e. The molecule has 0 aliphatic carbocycles. The molecule has 0 aliphatic heterocycles. The van der Waals surface area contributed by atoms with Crippen molar-refractivity contribution in [3.63, 3.8) is 0 Å². The Morgan fingerprint density at radius 1 is 1.15 bits per heavy atom. The second-order valence-corrected chi connectivity index (χ2v) is 8.17. The highest BCUT2D eigenvalue weighted by atomic mass is 35.5. The molecular weight excluding hydrogens is 483 g/mol. The van der Waals surface area contributed by atoms with Crippen molar-refractivity contribution in [3.8, 4) is 0 Å². The van der Waals surface area contributed by atoms with Crippen molar-refractivity contribution >= 4 is 46.2 Å². The Morgan fingerprint density at radius 3 is 2.70 bits per heavy atom. The van der Waals surface area contributed by atoms with Gasteiger partial charge in [-0.1, -0.05) is 11.6 Å². The Labute approximate surface area is 192 Å². The van der Waals surface area contributed by atoms with E-state index in [2.05, 4.69) is 30.7 Å². The number of nitrogens with zero attached hydrogens (tertiary/aromatic N) is 5. The number of imidazole rings is 1. The smallest absolute Gasteiger partial charge is 0.342 e. The molecule has 0 saturated heterocycles. The number of nitrogens with one attached hydrogen (secondary N) is 2. The highest BCUT2D eigenvalue weighted by Crippen LogP contribution is 2.35. The van der Waals surface area contributed by atoms with Gasteiger partial charge in [-0.3, -0.25) is 9.59 Å². The van der Waals surface area contributed by atoms with Crippen LogP contribution in [0.15, 0.2) is 43.0 Å². The van der Waals surface area contributed by atoms with E-state index >= 15 is 0 Å². The lowest BCUT2D eigenvalue weighted by Crippen LogP contribution is -2.27. The van der Waals surface area contributed by atoms with Gasteiger partial charge >= 0.3 is 6.18 Å². The van der Waals surface area contributed by atoms with Crippen LogP contribution in [-0.2, 0) is 6.18 Å². The summed E-state index contributed by atoms with van der Waals surface area (Å²) in [6, 6.07) is 3.48. The average Bonchev–Trinajstić information content (AvgIpc) is 3.42. The van der Waals surface area contributed by atoms with Crippen molar-refractivity contribution in [2.75, 3.05) is 5.32 Å². The number of alkyl halides is 3. The van der Waals surface area contributed by atoms with E-state index in [1.807, 2.05) is 0 Å². The van der Waals surface area contributed by atoms with E-state index in [-0.39, 0.29) is 16.4 Å². The minimum Gasteiger partial charge on any atom is -0.342 e. The van der Waals surface area contributed by atoms with Crippen molar-refractivity contribution in [2.24, 2.45) is 0 Å². The van der Waals surface area contributed by atoms with Crippen molar-refractivity contribution in [1.29, 1.82) is 0 Å². The number of carbonyl (C=O) groups is 2. The highest BCUT2D eigenvalue weighted by molar-refractivity contribution is 7.13. The van der Waals surface area contributed by atoms with Crippen LogP contribution in [0.4, 0.5) is 19.0 Å². The molecule has 0 fully saturated rings. The van der Waals surface area contributed by atoms with Crippen LogP contribution >= 0.6 is 22.9 Å². The van der Waals surface area contributed by atoms with Crippen molar-refractivity contribution < 1.29 is 22.8 Å². The van der Waals surface area contributed by atoms with Gasteiger partial charge in [0.15, 0.2) is 5.65 Å². The van der Waals surface area contributed by atoms with Gasteiger partial charge in [-0.05, 0) is 25.1 Å². The van der Waals surface area contributed by atoms with Crippen LogP contribution in [0.2, 0.25) is 5.02 Å². The van der Waals surface area contributed by atoms with Gasteiger partial charge in [0.05, 0.1) is 29.0 Å². The van der Waals surface area contributed by atoms with Crippen LogP contribution in [0.25, 0.3) is 5.65 Å². The summed E-state index contributed by atoms with van der Waals surface area (Å²) in [5.74, 6) is -1.46. The molecule has 4 heterocycles. The lowest BCUT2D eigenvalue weighted by Gasteiger charge is -2.11.